The molecular weight excluding hydrogens is 226 g/mol. The van der Waals surface area contributed by atoms with Gasteiger partial charge < -0.3 is 15.3 Å². The molecule has 0 aliphatic heterocycles. The van der Waals surface area contributed by atoms with E-state index in [1.165, 1.54) is 0 Å². The summed E-state index contributed by atoms with van der Waals surface area (Å²) in [6, 6.07) is 0. The summed E-state index contributed by atoms with van der Waals surface area (Å²) in [5.74, 6) is -1.57. The second-order valence-corrected chi connectivity index (χ2v) is 3.67. The third-order valence-corrected chi connectivity index (χ3v) is 1.95. The maximum atomic E-state index is 10.0. The molecule has 0 aromatic heterocycles. The van der Waals surface area contributed by atoms with E-state index in [0.29, 0.717) is 12.8 Å². The highest BCUT2D eigenvalue weighted by Gasteiger charge is 1.98. The van der Waals surface area contributed by atoms with Gasteiger partial charge in [0.2, 0.25) is 0 Å². The molecule has 0 fully saturated rings. The summed E-state index contributed by atoms with van der Waals surface area (Å²) in [6.07, 6.45) is 2.92. The van der Waals surface area contributed by atoms with Gasteiger partial charge in [-0.3, -0.25) is 14.9 Å². The van der Waals surface area contributed by atoms with E-state index in [-0.39, 0.29) is 19.1 Å². The van der Waals surface area contributed by atoms with Gasteiger partial charge in [0.05, 0.1) is 0 Å². The van der Waals surface area contributed by atoms with Crippen molar-refractivity contribution >= 4 is 11.9 Å². The number of carbonyl (C=O) groups is 2. The van der Waals surface area contributed by atoms with Gasteiger partial charge in [0, 0.05) is 12.8 Å². The van der Waals surface area contributed by atoms with Crippen LogP contribution in [0.15, 0.2) is 0 Å². The molecule has 1 atom stereocenters. The van der Waals surface area contributed by atoms with E-state index in [4.69, 9.17) is 15.3 Å². The molecule has 17 heavy (non-hydrogen) atoms. The second-order valence-electron chi connectivity index (χ2n) is 3.67. The minimum atomic E-state index is -0.784. The number of hydrogen-bond acceptors (Lipinski definition) is 4. The van der Waals surface area contributed by atoms with Crippen LogP contribution in [0.25, 0.3) is 0 Å². The lowest BCUT2D eigenvalue weighted by atomic mass is 10.1. The normalized spacial score (nSPS) is 11.2. The van der Waals surface area contributed by atoms with Gasteiger partial charge in [0.1, 0.15) is 6.23 Å². The van der Waals surface area contributed by atoms with Crippen molar-refractivity contribution in [2.75, 3.05) is 7.05 Å². The number of nitrogens with one attached hydrogen (secondary N) is 1. The average Bonchev–Trinajstić information content (AvgIpc) is 2.23. The molecule has 0 spiro atoms. The van der Waals surface area contributed by atoms with Gasteiger partial charge in [-0.2, -0.15) is 0 Å². The minimum Gasteiger partial charge on any atom is -0.481 e. The number of carboxylic acid groups (broad SMARTS) is 2. The molecule has 0 saturated carbocycles. The van der Waals surface area contributed by atoms with Crippen molar-refractivity contribution in [3.63, 3.8) is 0 Å². The molecule has 0 amide bonds. The van der Waals surface area contributed by atoms with Crippen LogP contribution in [0.2, 0.25) is 0 Å². The summed E-state index contributed by atoms with van der Waals surface area (Å²) in [5.41, 5.74) is 0. The molecular formula is C11H23NO5. The summed E-state index contributed by atoms with van der Waals surface area (Å²) >= 11 is 0. The predicted octanol–water partition coefficient (Wildman–Crippen LogP) is 1.04. The first-order valence-electron chi connectivity index (χ1n) is 5.69. The molecule has 0 bridgehead atoms. The molecule has 0 aromatic rings. The van der Waals surface area contributed by atoms with Crippen molar-refractivity contribution in [3.8, 4) is 0 Å². The molecule has 0 aliphatic rings. The van der Waals surface area contributed by atoms with Crippen LogP contribution in [0.3, 0.4) is 0 Å². The van der Waals surface area contributed by atoms with Gasteiger partial charge in [-0.1, -0.05) is 12.8 Å². The van der Waals surface area contributed by atoms with E-state index in [2.05, 4.69) is 5.32 Å². The molecule has 6 heteroatoms. The molecule has 0 aromatic carbocycles. The summed E-state index contributed by atoms with van der Waals surface area (Å²) < 4.78 is 0. The Morgan fingerprint density at radius 3 is 1.47 bits per heavy atom. The lowest BCUT2D eigenvalue weighted by molar-refractivity contribution is -0.138. The maximum Gasteiger partial charge on any atom is 0.303 e. The second kappa shape index (κ2) is 12.9. The van der Waals surface area contributed by atoms with Crippen LogP contribution in [0.5, 0.6) is 0 Å². The number of unbranched alkanes of at least 4 members (excludes halogenated alkanes) is 3. The van der Waals surface area contributed by atoms with Crippen LogP contribution in [0.4, 0.5) is 0 Å². The van der Waals surface area contributed by atoms with Crippen LogP contribution >= 0.6 is 0 Å². The van der Waals surface area contributed by atoms with Gasteiger partial charge in [0.25, 0.3) is 0 Å². The minimum absolute atomic E-state index is 0.188. The van der Waals surface area contributed by atoms with Crippen LogP contribution in [0, 0.1) is 0 Å². The van der Waals surface area contributed by atoms with Crippen molar-refractivity contribution in [2.24, 2.45) is 0 Å². The predicted molar refractivity (Wildman–Crippen MR) is 63.7 cm³/mol. The van der Waals surface area contributed by atoms with E-state index >= 15 is 0 Å². The van der Waals surface area contributed by atoms with Crippen LogP contribution < -0.4 is 5.32 Å². The summed E-state index contributed by atoms with van der Waals surface area (Å²) in [7, 11) is 1.70. The number of rotatable bonds is 8. The molecule has 0 rings (SSSR count). The Morgan fingerprint density at radius 1 is 1.00 bits per heavy atom. The van der Waals surface area contributed by atoms with Gasteiger partial charge >= 0.3 is 11.9 Å². The van der Waals surface area contributed by atoms with Gasteiger partial charge in [-0.25, -0.2) is 0 Å². The zero-order valence-corrected chi connectivity index (χ0v) is 10.5. The molecule has 4 N–H and O–H groups in total. The Labute approximate surface area is 102 Å². The third-order valence-electron chi connectivity index (χ3n) is 1.95. The number of aliphatic hydroxyl groups is 1. The fraction of sp³-hybridized carbons (Fsp3) is 0.818. The highest BCUT2D eigenvalue weighted by molar-refractivity contribution is 5.66. The van der Waals surface area contributed by atoms with Crippen molar-refractivity contribution in [1.29, 1.82) is 0 Å². The summed E-state index contributed by atoms with van der Waals surface area (Å²) in [6.45, 7) is 1.67. The Morgan fingerprint density at radius 2 is 1.29 bits per heavy atom. The highest BCUT2D eigenvalue weighted by Crippen LogP contribution is 2.04. The maximum absolute atomic E-state index is 10.0. The molecule has 0 aliphatic carbocycles. The van der Waals surface area contributed by atoms with E-state index in [9.17, 15) is 9.59 Å². The quantitative estimate of drug-likeness (QED) is 0.378. The molecule has 1 unspecified atom stereocenters. The van der Waals surface area contributed by atoms with E-state index in [1.807, 2.05) is 0 Å². The van der Waals surface area contributed by atoms with Crippen LogP contribution in [0.1, 0.15) is 45.4 Å². The zero-order valence-electron chi connectivity index (χ0n) is 10.5. The monoisotopic (exact) mass is 249 g/mol. The number of hydrogen-bond donors (Lipinski definition) is 4. The topological polar surface area (TPSA) is 107 Å². The number of carboxylic acids is 2. The first-order chi connectivity index (χ1) is 7.90. The van der Waals surface area contributed by atoms with Crippen molar-refractivity contribution in [3.05, 3.63) is 0 Å². The van der Waals surface area contributed by atoms with Gasteiger partial charge in [-0.15, -0.1) is 0 Å². The molecule has 0 saturated heterocycles. The van der Waals surface area contributed by atoms with E-state index in [0.717, 1.165) is 12.8 Å². The van der Waals surface area contributed by atoms with E-state index in [1.54, 1.807) is 14.0 Å². The lowest BCUT2D eigenvalue weighted by Crippen LogP contribution is -2.19. The largest absolute Gasteiger partial charge is 0.481 e. The molecule has 0 radical (unpaired) electrons. The highest BCUT2D eigenvalue weighted by atomic mass is 16.4. The first-order valence-corrected chi connectivity index (χ1v) is 5.69. The Balaban J connectivity index is 0. The van der Waals surface area contributed by atoms with Crippen LogP contribution in [-0.4, -0.2) is 40.5 Å². The third kappa shape index (κ3) is 25.3. The van der Waals surface area contributed by atoms with Gasteiger partial charge in [0.15, 0.2) is 0 Å². The first kappa shape index (κ1) is 18.2. The van der Waals surface area contributed by atoms with Crippen molar-refractivity contribution in [2.45, 2.75) is 51.7 Å². The fourth-order valence-corrected chi connectivity index (χ4v) is 0.906. The Kier molecular flexibility index (Phi) is 13.9. The van der Waals surface area contributed by atoms with E-state index < -0.39 is 11.9 Å². The van der Waals surface area contributed by atoms with Gasteiger partial charge in [-0.05, 0) is 26.8 Å². The standard InChI is InChI=1S/C8H14O4.C3H9NO/c9-7(10)5-3-1-2-4-6-8(11)12;1-3(5)4-2/h1-6H2,(H,9,10)(H,11,12);3-5H,1-2H3. The fourth-order valence-electron chi connectivity index (χ4n) is 0.906. The Bertz CT molecular complexity index is 188. The number of aliphatic carboxylic acids is 2. The summed E-state index contributed by atoms with van der Waals surface area (Å²) in [4.78, 5) is 20.1. The van der Waals surface area contributed by atoms with Crippen LogP contribution in [-0.2, 0) is 9.59 Å². The summed E-state index contributed by atoms with van der Waals surface area (Å²) in [5, 5.41) is 27.4. The molecule has 6 nitrogen and oxygen atoms in total. The molecule has 0 heterocycles. The SMILES string of the molecule is CNC(C)O.O=C(O)CCCCCCC(=O)O. The molecule has 102 valence electrons. The number of aliphatic hydroxyl groups excluding tert-OH is 1. The average molecular weight is 249 g/mol. The lowest BCUT2D eigenvalue weighted by Gasteiger charge is -1.96. The van der Waals surface area contributed by atoms with Crippen molar-refractivity contribution < 1.29 is 24.9 Å². The van der Waals surface area contributed by atoms with Crippen molar-refractivity contribution in [1.82, 2.24) is 5.32 Å². The Hall–Kier alpha value is -1.14. The zero-order chi connectivity index (χ0) is 13.7. The smallest absolute Gasteiger partial charge is 0.303 e.